The largest absolute Gasteiger partial charge is 0.352 e. The molecule has 0 spiro atoms. The Bertz CT molecular complexity index is 1420. The van der Waals surface area contributed by atoms with Crippen LogP contribution in [0.15, 0.2) is 82.2 Å². The molecule has 7 nitrogen and oxygen atoms in total. The van der Waals surface area contributed by atoms with Crippen molar-refractivity contribution in [2.75, 3.05) is 10.8 Å². The summed E-state index contributed by atoms with van der Waals surface area (Å²) in [6, 6.07) is 19.3. The average molecular weight is 635 g/mol. The third-order valence-corrected chi connectivity index (χ3v) is 8.91. The van der Waals surface area contributed by atoms with Crippen molar-refractivity contribution in [1.82, 2.24) is 10.2 Å². The normalized spacial score (nSPS) is 12.9. The number of sulfonamides is 1. The third kappa shape index (κ3) is 8.06. The van der Waals surface area contributed by atoms with Crippen LogP contribution in [0.1, 0.15) is 38.3 Å². The minimum atomic E-state index is -4.12. The van der Waals surface area contributed by atoms with Gasteiger partial charge in [0, 0.05) is 22.1 Å². The first-order valence-electron chi connectivity index (χ1n) is 12.6. The highest BCUT2D eigenvalue weighted by Gasteiger charge is 2.32. The maximum absolute atomic E-state index is 13.9. The maximum atomic E-state index is 13.9. The lowest BCUT2D eigenvalue weighted by Gasteiger charge is -2.32. The minimum Gasteiger partial charge on any atom is -0.352 e. The van der Waals surface area contributed by atoms with Gasteiger partial charge in [-0.15, -0.1) is 0 Å². The molecule has 0 aliphatic carbocycles. The van der Waals surface area contributed by atoms with Gasteiger partial charge in [0.15, 0.2) is 0 Å². The van der Waals surface area contributed by atoms with E-state index in [0.29, 0.717) is 15.2 Å². The van der Waals surface area contributed by atoms with Gasteiger partial charge in [0.1, 0.15) is 12.6 Å². The summed E-state index contributed by atoms with van der Waals surface area (Å²) in [5.41, 5.74) is 1.94. The molecule has 3 aromatic carbocycles. The molecule has 39 heavy (non-hydrogen) atoms. The van der Waals surface area contributed by atoms with Crippen LogP contribution >= 0.6 is 27.5 Å². The number of hydrogen-bond acceptors (Lipinski definition) is 4. The first-order chi connectivity index (χ1) is 18.4. The van der Waals surface area contributed by atoms with Gasteiger partial charge in [-0.05, 0) is 75.2 Å². The van der Waals surface area contributed by atoms with E-state index < -0.39 is 28.5 Å². The van der Waals surface area contributed by atoms with Crippen LogP contribution in [0.5, 0.6) is 0 Å². The van der Waals surface area contributed by atoms with Crippen molar-refractivity contribution >= 4 is 55.1 Å². The Hall–Kier alpha value is -2.88. The van der Waals surface area contributed by atoms with Crippen LogP contribution in [0.2, 0.25) is 5.02 Å². The molecule has 0 aliphatic heterocycles. The van der Waals surface area contributed by atoms with Gasteiger partial charge in [0.05, 0.1) is 10.6 Å². The summed E-state index contributed by atoms with van der Waals surface area (Å²) < 4.78 is 29.4. The smallest absolute Gasteiger partial charge is 0.264 e. The molecule has 0 aliphatic rings. The maximum Gasteiger partial charge on any atom is 0.264 e. The molecule has 0 aromatic heterocycles. The van der Waals surface area contributed by atoms with Crippen molar-refractivity contribution in [3.05, 3.63) is 93.4 Å². The Kier molecular flexibility index (Phi) is 10.6. The summed E-state index contributed by atoms with van der Waals surface area (Å²) in [6.45, 7) is 6.91. The number of rotatable bonds is 11. The molecule has 2 atom stereocenters. The van der Waals surface area contributed by atoms with Crippen molar-refractivity contribution in [3.8, 4) is 0 Å². The highest BCUT2D eigenvalue weighted by Crippen LogP contribution is 2.27. The Labute approximate surface area is 244 Å². The van der Waals surface area contributed by atoms with Crippen LogP contribution in [0.25, 0.3) is 0 Å². The van der Waals surface area contributed by atoms with Gasteiger partial charge in [0.25, 0.3) is 10.0 Å². The van der Waals surface area contributed by atoms with E-state index in [0.717, 1.165) is 21.9 Å². The molecule has 1 N–H and O–H groups in total. The van der Waals surface area contributed by atoms with Gasteiger partial charge in [-0.3, -0.25) is 13.9 Å². The van der Waals surface area contributed by atoms with E-state index in [-0.39, 0.29) is 23.4 Å². The quantitative estimate of drug-likeness (QED) is 0.283. The second-order valence-electron chi connectivity index (χ2n) is 9.45. The molecule has 10 heteroatoms. The fraction of sp³-hybridized carbons (Fsp3) is 0.310. The summed E-state index contributed by atoms with van der Waals surface area (Å²) in [5, 5.41) is 3.41. The summed E-state index contributed by atoms with van der Waals surface area (Å²) in [7, 11) is -4.12. The van der Waals surface area contributed by atoms with Crippen molar-refractivity contribution in [3.63, 3.8) is 0 Å². The van der Waals surface area contributed by atoms with E-state index in [2.05, 4.69) is 21.2 Å². The first kappa shape index (κ1) is 30.7. The Morgan fingerprint density at radius 3 is 2.28 bits per heavy atom. The highest BCUT2D eigenvalue weighted by atomic mass is 79.9. The number of carbonyl (C=O) groups excluding carboxylic acids is 2. The number of aryl methyl sites for hydroxylation is 1. The lowest BCUT2D eigenvalue weighted by atomic mass is 10.1. The minimum absolute atomic E-state index is 0.0600. The molecule has 0 saturated carbocycles. The number of nitrogens with zero attached hydrogens (tertiary/aromatic N) is 2. The molecule has 0 heterocycles. The number of amides is 2. The molecule has 0 bridgehead atoms. The third-order valence-electron chi connectivity index (χ3n) is 6.39. The average Bonchev–Trinajstić information content (AvgIpc) is 2.89. The predicted octanol–water partition coefficient (Wildman–Crippen LogP) is 5.94. The number of halogens is 2. The zero-order valence-electron chi connectivity index (χ0n) is 22.4. The summed E-state index contributed by atoms with van der Waals surface area (Å²) in [5.74, 6) is -0.854. The highest BCUT2D eigenvalue weighted by molar-refractivity contribution is 9.10. The molecule has 0 radical (unpaired) electrons. The number of carbonyl (C=O) groups is 2. The van der Waals surface area contributed by atoms with E-state index >= 15 is 0 Å². The summed E-state index contributed by atoms with van der Waals surface area (Å²) in [6.07, 6.45) is 0.728. The molecule has 208 valence electrons. The molecule has 0 saturated heterocycles. The van der Waals surface area contributed by atoms with Crippen molar-refractivity contribution in [2.45, 2.75) is 57.6 Å². The van der Waals surface area contributed by atoms with Crippen LogP contribution < -0.4 is 9.62 Å². The van der Waals surface area contributed by atoms with Gasteiger partial charge in [-0.25, -0.2) is 8.42 Å². The van der Waals surface area contributed by atoms with E-state index in [1.807, 2.05) is 20.8 Å². The predicted molar refractivity (Wildman–Crippen MR) is 159 cm³/mol. The van der Waals surface area contributed by atoms with Gasteiger partial charge in [0.2, 0.25) is 11.8 Å². The first-order valence-corrected chi connectivity index (χ1v) is 15.2. The molecule has 2 unspecified atom stereocenters. The second-order valence-corrected chi connectivity index (χ2v) is 12.7. The summed E-state index contributed by atoms with van der Waals surface area (Å²) in [4.78, 5) is 28.5. The van der Waals surface area contributed by atoms with Crippen LogP contribution in [-0.2, 0) is 26.2 Å². The zero-order chi connectivity index (χ0) is 28.7. The van der Waals surface area contributed by atoms with Gasteiger partial charge in [-0.1, -0.05) is 70.3 Å². The molecule has 3 aromatic rings. The number of anilines is 1. The fourth-order valence-electron chi connectivity index (χ4n) is 3.88. The van der Waals surface area contributed by atoms with Gasteiger partial charge < -0.3 is 10.2 Å². The fourth-order valence-corrected chi connectivity index (χ4v) is 5.88. The number of hydrogen-bond donors (Lipinski definition) is 1. The van der Waals surface area contributed by atoms with Crippen LogP contribution in [-0.4, -0.2) is 43.8 Å². The van der Waals surface area contributed by atoms with Crippen molar-refractivity contribution in [1.29, 1.82) is 0 Å². The molecule has 2 amide bonds. The van der Waals surface area contributed by atoms with Crippen molar-refractivity contribution < 1.29 is 18.0 Å². The SMILES string of the molecule is CCC(C)NC(=O)C(C)N(Cc1cccc(Cl)c1)C(=O)CN(c1cccc(Br)c1)S(=O)(=O)c1ccc(C)cc1. The number of benzene rings is 3. The summed E-state index contributed by atoms with van der Waals surface area (Å²) >= 11 is 9.58. The van der Waals surface area contributed by atoms with Gasteiger partial charge in [-0.2, -0.15) is 0 Å². The molecular weight excluding hydrogens is 602 g/mol. The molecular formula is C29H33BrClN3O4S. The van der Waals surface area contributed by atoms with Crippen LogP contribution in [0, 0.1) is 6.92 Å². The van der Waals surface area contributed by atoms with Crippen LogP contribution in [0.4, 0.5) is 5.69 Å². The zero-order valence-corrected chi connectivity index (χ0v) is 25.6. The topological polar surface area (TPSA) is 86.8 Å². The lowest BCUT2D eigenvalue weighted by Crippen LogP contribution is -2.52. The standard InChI is InChI=1S/C29H33BrClN3O4S/c1-5-21(3)32-29(36)22(4)33(18-23-8-6-10-25(31)16-23)28(35)19-34(26-11-7-9-24(30)17-26)39(37,38)27-14-12-20(2)13-15-27/h6-17,21-22H,5,18-19H2,1-4H3,(H,32,36). The Balaban J connectivity index is 2.03. The van der Waals surface area contributed by atoms with E-state index in [1.54, 1.807) is 67.6 Å². The van der Waals surface area contributed by atoms with E-state index in [1.165, 1.54) is 17.0 Å². The monoisotopic (exact) mass is 633 g/mol. The molecule has 0 fully saturated rings. The number of nitrogens with one attached hydrogen (secondary N) is 1. The van der Waals surface area contributed by atoms with Crippen LogP contribution in [0.3, 0.4) is 0 Å². The lowest BCUT2D eigenvalue weighted by molar-refractivity contribution is -0.139. The van der Waals surface area contributed by atoms with Gasteiger partial charge >= 0.3 is 0 Å². The van der Waals surface area contributed by atoms with E-state index in [4.69, 9.17) is 11.6 Å². The van der Waals surface area contributed by atoms with E-state index in [9.17, 15) is 18.0 Å². The molecule has 3 rings (SSSR count). The van der Waals surface area contributed by atoms with Crippen molar-refractivity contribution in [2.24, 2.45) is 0 Å². The Morgan fingerprint density at radius 1 is 1.00 bits per heavy atom. The Morgan fingerprint density at radius 2 is 1.67 bits per heavy atom. The second kappa shape index (κ2) is 13.5.